The topological polar surface area (TPSA) is 15.8 Å². The summed E-state index contributed by atoms with van der Waals surface area (Å²) in [5, 5.41) is 1.15. The molecule has 0 amide bonds. The van der Waals surface area contributed by atoms with Crippen LogP contribution < -0.4 is 0 Å². The molecule has 1 heterocycles. The minimum absolute atomic E-state index is 1.15. The first-order chi connectivity index (χ1) is 6.20. The molecule has 0 aliphatic rings. The molecule has 1 aromatic carbocycles. The summed E-state index contributed by atoms with van der Waals surface area (Å²) in [6.45, 7) is 0. The van der Waals surface area contributed by atoms with Gasteiger partial charge in [-0.25, -0.2) is 0 Å². The van der Waals surface area contributed by atoms with E-state index in [1.807, 2.05) is 30.5 Å². The van der Waals surface area contributed by atoms with Crippen molar-refractivity contribution in [3.8, 4) is 0 Å². The van der Waals surface area contributed by atoms with Gasteiger partial charge in [0, 0.05) is 0 Å². The Morgan fingerprint density at radius 1 is 1.15 bits per heavy atom. The number of nitrogens with one attached hydrogen (secondary N) is 1. The van der Waals surface area contributed by atoms with E-state index in [0.29, 0.717) is 0 Å². The maximum Gasteiger partial charge on any atom is -0.0662 e. The molecule has 2 rings (SSSR count). The Balaban J connectivity index is 0.000000184. The van der Waals surface area contributed by atoms with E-state index in [1.165, 1.54) is 0 Å². The van der Waals surface area contributed by atoms with Crippen LogP contribution in [0.1, 0.15) is 0 Å². The summed E-state index contributed by atoms with van der Waals surface area (Å²) in [6, 6.07) is 11.1. The van der Waals surface area contributed by atoms with Crippen LogP contribution in [0.3, 0.4) is 0 Å². The number of rotatable bonds is 0. The van der Waals surface area contributed by atoms with Gasteiger partial charge >= 0.3 is 43.7 Å². The molecule has 0 saturated carbocycles. The Hall–Kier alpha value is 0.513. The van der Waals surface area contributed by atoms with Crippen LogP contribution in [0, 0.1) is 6.07 Å². The number of hydrogen-bond donors (Lipinski definition) is 1. The van der Waals surface area contributed by atoms with Crippen molar-refractivity contribution < 1.29 is 18.2 Å². The van der Waals surface area contributed by atoms with Crippen molar-refractivity contribution in [3.05, 3.63) is 36.5 Å². The molecule has 0 spiro atoms. The van der Waals surface area contributed by atoms with Gasteiger partial charge in [-0.15, -0.1) is 6.07 Å². The predicted molar refractivity (Wildman–Crippen MR) is 54.7 cm³/mol. The van der Waals surface area contributed by atoms with E-state index in [0.717, 1.165) is 10.9 Å². The number of aromatic amines is 1. The van der Waals surface area contributed by atoms with Gasteiger partial charge < -0.3 is 4.98 Å². The van der Waals surface area contributed by atoms with Crippen LogP contribution in [0.2, 0.25) is 0 Å². The standard InChI is InChI=1S/C8H6N.3ClH.Zr/c1-2-4-8-7(3-1)5-6-9-8;;;;/h1-4,6,9H;3*1H;/q-1;;;;+3/p-3. The number of para-hydroxylation sites is 1. The first-order valence-corrected chi connectivity index (χ1v) is 13.0. The Bertz CT molecular complexity index is 328. The first kappa shape index (κ1) is 11.6. The van der Waals surface area contributed by atoms with Crippen LogP contribution >= 0.6 is 25.5 Å². The summed E-state index contributed by atoms with van der Waals surface area (Å²) in [5.74, 6) is 0. The molecule has 1 N–H and O–H groups in total. The number of benzene rings is 1. The van der Waals surface area contributed by atoms with E-state index in [-0.39, 0.29) is 0 Å². The van der Waals surface area contributed by atoms with Gasteiger partial charge in [-0.1, -0.05) is 23.8 Å². The van der Waals surface area contributed by atoms with E-state index < -0.39 is 18.2 Å². The van der Waals surface area contributed by atoms with Crippen molar-refractivity contribution in [3.63, 3.8) is 0 Å². The van der Waals surface area contributed by atoms with Crippen molar-refractivity contribution in [2.45, 2.75) is 0 Å². The zero-order valence-corrected chi connectivity index (χ0v) is 11.2. The van der Waals surface area contributed by atoms with Crippen molar-refractivity contribution in [1.29, 1.82) is 0 Å². The van der Waals surface area contributed by atoms with Gasteiger partial charge in [-0.05, 0) is 0 Å². The maximum absolute atomic E-state index is 5.00. The van der Waals surface area contributed by atoms with E-state index in [2.05, 4.69) is 11.1 Å². The van der Waals surface area contributed by atoms with Crippen LogP contribution in [0.15, 0.2) is 30.5 Å². The summed E-state index contributed by atoms with van der Waals surface area (Å²) >= 11 is -2.13. The van der Waals surface area contributed by atoms with Gasteiger partial charge in [0.2, 0.25) is 0 Å². The second-order valence-electron chi connectivity index (χ2n) is 2.19. The average molecular weight is 314 g/mol. The van der Waals surface area contributed by atoms with Crippen molar-refractivity contribution in [2.75, 3.05) is 0 Å². The molecule has 0 saturated heterocycles. The molecule has 5 heteroatoms. The smallest absolute Gasteiger partial charge is 0.0662 e. The molecule has 13 heavy (non-hydrogen) atoms. The summed E-state index contributed by atoms with van der Waals surface area (Å²) in [7, 11) is 15.0. The molecule has 0 fully saturated rings. The zero-order chi connectivity index (χ0) is 9.68. The summed E-state index contributed by atoms with van der Waals surface area (Å²) in [6.07, 6.45) is 1.82. The second kappa shape index (κ2) is 6.08. The van der Waals surface area contributed by atoms with Crippen LogP contribution in [-0.4, -0.2) is 4.98 Å². The van der Waals surface area contributed by atoms with Crippen LogP contribution in [-0.2, 0) is 18.2 Å². The minimum Gasteiger partial charge on any atom is -0.424 e. The fraction of sp³-hybridized carbons (Fsp3) is 0. The molecule has 0 aliphatic carbocycles. The largest absolute Gasteiger partial charge is 0.424 e. The van der Waals surface area contributed by atoms with E-state index in [4.69, 9.17) is 25.5 Å². The first-order valence-electron chi connectivity index (χ1n) is 3.47. The molecular weight excluding hydrogens is 308 g/mol. The monoisotopic (exact) mass is 311 g/mol. The Morgan fingerprint density at radius 2 is 1.77 bits per heavy atom. The average Bonchev–Trinajstić information content (AvgIpc) is 2.49. The molecule has 0 atom stereocenters. The molecule has 1 nitrogen and oxygen atoms in total. The molecule has 0 unspecified atom stereocenters. The summed E-state index contributed by atoms with van der Waals surface area (Å²) in [4.78, 5) is 3.06. The summed E-state index contributed by atoms with van der Waals surface area (Å²) in [5.41, 5.74) is 1.15. The quantitative estimate of drug-likeness (QED) is 0.707. The third-order valence-corrected chi connectivity index (χ3v) is 1.38. The Labute approximate surface area is 95.3 Å². The molecule has 1 aromatic heterocycles. The molecule has 0 radical (unpaired) electrons. The number of H-pyrrole nitrogens is 1. The Morgan fingerprint density at radius 3 is 2.38 bits per heavy atom. The van der Waals surface area contributed by atoms with Gasteiger partial charge in [0.05, 0.1) is 0 Å². The normalized spacial score (nSPS) is 9.15. The predicted octanol–water partition coefficient (Wildman–Crippen LogP) is 4.03. The molecule has 0 bridgehead atoms. The van der Waals surface area contributed by atoms with Crippen molar-refractivity contribution >= 4 is 36.4 Å². The Kier molecular flexibility index (Phi) is 5.42. The third-order valence-electron chi connectivity index (χ3n) is 1.38. The SMILES string of the molecule is [Cl][Zr]([Cl])[Cl].[c-]1c[nH]c2ccccc12. The number of halogens is 3. The van der Waals surface area contributed by atoms with E-state index in [1.54, 1.807) is 0 Å². The second-order valence-corrected chi connectivity index (χ2v) is 13.4. The van der Waals surface area contributed by atoms with Gasteiger partial charge in [0.1, 0.15) is 0 Å². The minimum atomic E-state index is -2.13. The van der Waals surface area contributed by atoms with Crippen LogP contribution in [0.5, 0.6) is 0 Å². The number of fused-ring (bicyclic) bond motifs is 1. The van der Waals surface area contributed by atoms with Gasteiger partial charge in [-0.2, -0.15) is 17.5 Å². The van der Waals surface area contributed by atoms with Gasteiger partial charge in [-0.3, -0.25) is 0 Å². The fourth-order valence-electron chi connectivity index (χ4n) is 0.926. The van der Waals surface area contributed by atoms with Crippen LogP contribution in [0.4, 0.5) is 0 Å². The van der Waals surface area contributed by atoms with Crippen LogP contribution in [0.25, 0.3) is 10.9 Å². The van der Waals surface area contributed by atoms with E-state index >= 15 is 0 Å². The van der Waals surface area contributed by atoms with Crippen molar-refractivity contribution in [2.24, 2.45) is 0 Å². The molecule has 69 valence electrons. The fourth-order valence-corrected chi connectivity index (χ4v) is 0.926. The van der Waals surface area contributed by atoms with E-state index in [9.17, 15) is 0 Å². The number of aromatic nitrogens is 1. The molecule has 0 aliphatic heterocycles. The summed E-state index contributed by atoms with van der Waals surface area (Å²) < 4.78 is 0. The third kappa shape index (κ3) is 4.51. The molecular formula is C8H6Cl3NZr-. The zero-order valence-electron chi connectivity index (χ0n) is 6.52. The van der Waals surface area contributed by atoms with Gasteiger partial charge in [0.15, 0.2) is 0 Å². The maximum atomic E-state index is 5.00. The molecule has 2 aromatic rings. The van der Waals surface area contributed by atoms with Crippen molar-refractivity contribution in [1.82, 2.24) is 4.98 Å². The van der Waals surface area contributed by atoms with Gasteiger partial charge in [0.25, 0.3) is 0 Å². The number of hydrogen-bond acceptors (Lipinski definition) is 0.